The van der Waals surface area contributed by atoms with Gasteiger partial charge in [0.05, 0.1) is 0 Å². The first-order valence-electron chi connectivity index (χ1n) is 0.651. The van der Waals surface area contributed by atoms with Crippen molar-refractivity contribution in [1.29, 1.82) is 0 Å². The first kappa shape index (κ1) is 8.94. The van der Waals surface area contributed by atoms with Gasteiger partial charge >= 0.3 is 9.17 Å². The molecule has 0 aromatic rings. The molecule has 0 aliphatic carbocycles. The summed E-state index contributed by atoms with van der Waals surface area (Å²) >= 11 is 0. The molecule has 5 heteroatoms. The predicted molar refractivity (Wildman–Crippen MR) is 16.6 cm³/mol. The molecular weight excluding hydrogens is 103 g/mol. The van der Waals surface area contributed by atoms with Crippen molar-refractivity contribution in [3.05, 3.63) is 0 Å². The summed E-state index contributed by atoms with van der Waals surface area (Å²) in [4.78, 5) is 14.3. The van der Waals surface area contributed by atoms with Gasteiger partial charge in [0.2, 0.25) is 0 Å². The lowest BCUT2D eigenvalue weighted by Gasteiger charge is -1.55. The van der Waals surface area contributed by atoms with Crippen LogP contribution < -0.4 is 0 Å². The minimum Gasteiger partial charge on any atom is -0.511 e. The van der Waals surface area contributed by atoms with E-state index in [1.165, 1.54) is 0 Å². The third-order valence-corrected chi connectivity index (χ3v) is 0. The SMILES string of the molecule is O=[Si](O)O.[Al]. The van der Waals surface area contributed by atoms with E-state index in [-0.39, 0.29) is 17.4 Å². The van der Waals surface area contributed by atoms with E-state index < -0.39 is 9.17 Å². The van der Waals surface area contributed by atoms with Crippen LogP contribution in [0.2, 0.25) is 0 Å². The van der Waals surface area contributed by atoms with Gasteiger partial charge in [-0.1, -0.05) is 0 Å². The van der Waals surface area contributed by atoms with Crippen LogP contribution in [0.1, 0.15) is 0 Å². The molecular formula is H2AlO3Si. The Hall–Kier alpha value is 0.149. The van der Waals surface area contributed by atoms with Gasteiger partial charge in [-0.25, -0.2) is 0 Å². The van der Waals surface area contributed by atoms with Crippen LogP contribution in [0.25, 0.3) is 0 Å². The maximum atomic E-state index is 8.74. The summed E-state index contributed by atoms with van der Waals surface area (Å²) in [6, 6.07) is 0. The van der Waals surface area contributed by atoms with E-state index in [1.54, 1.807) is 0 Å². The van der Waals surface area contributed by atoms with Crippen molar-refractivity contribution in [3.63, 3.8) is 0 Å². The number of rotatable bonds is 0. The maximum Gasteiger partial charge on any atom is 0.761 e. The standard InChI is InChI=1S/Al.H2O3Si/c;1-4(2)3/h;1-2H. The van der Waals surface area contributed by atoms with Crippen LogP contribution in [0.4, 0.5) is 0 Å². The molecule has 0 unspecified atom stereocenters. The fourth-order valence-electron chi connectivity index (χ4n) is 0. The minimum absolute atomic E-state index is 0. The van der Waals surface area contributed by atoms with E-state index in [0.717, 1.165) is 0 Å². The van der Waals surface area contributed by atoms with E-state index >= 15 is 0 Å². The van der Waals surface area contributed by atoms with E-state index in [2.05, 4.69) is 0 Å². The van der Waals surface area contributed by atoms with Crippen LogP contribution in [0.5, 0.6) is 0 Å². The van der Waals surface area contributed by atoms with E-state index in [4.69, 9.17) is 14.1 Å². The van der Waals surface area contributed by atoms with Crippen molar-refractivity contribution in [1.82, 2.24) is 0 Å². The summed E-state index contributed by atoms with van der Waals surface area (Å²) in [6.07, 6.45) is 0. The summed E-state index contributed by atoms with van der Waals surface area (Å²) in [5.74, 6) is 0. The zero-order chi connectivity index (χ0) is 3.58. The number of hydrogen-bond donors (Lipinski definition) is 2. The van der Waals surface area contributed by atoms with Crippen molar-refractivity contribution < 1.29 is 14.1 Å². The highest BCUT2D eigenvalue weighted by Crippen LogP contribution is 1.27. The van der Waals surface area contributed by atoms with Gasteiger partial charge in [-0.05, 0) is 0 Å². The van der Waals surface area contributed by atoms with E-state index in [9.17, 15) is 0 Å². The number of hydrogen-bond acceptors (Lipinski definition) is 1. The maximum absolute atomic E-state index is 8.74. The molecule has 0 saturated heterocycles. The molecule has 3 nitrogen and oxygen atoms in total. The van der Waals surface area contributed by atoms with Crippen LogP contribution in [-0.2, 0) is 4.46 Å². The smallest absolute Gasteiger partial charge is 0.511 e. The van der Waals surface area contributed by atoms with E-state index in [0.29, 0.717) is 0 Å². The molecule has 5 heavy (non-hydrogen) atoms. The molecule has 0 saturated carbocycles. The van der Waals surface area contributed by atoms with Gasteiger partial charge < -0.3 is 9.59 Å². The molecule has 2 N–H and O–H groups in total. The Balaban J connectivity index is 0. The molecule has 0 atom stereocenters. The van der Waals surface area contributed by atoms with Crippen LogP contribution in [0, 0.1) is 0 Å². The highest BCUT2D eigenvalue weighted by molar-refractivity contribution is 6.22. The Morgan fingerprint density at radius 1 is 1.40 bits per heavy atom. The molecule has 0 fully saturated rings. The molecule has 0 aliphatic rings. The summed E-state index contributed by atoms with van der Waals surface area (Å²) in [6.45, 7) is 0. The molecule has 0 aromatic heterocycles. The average molecular weight is 105 g/mol. The van der Waals surface area contributed by atoms with Gasteiger partial charge in [0.25, 0.3) is 0 Å². The summed E-state index contributed by atoms with van der Waals surface area (Å²) in [7, 11) is -3.13. The van der Waals surface area contributed by atoms with Crippen molar-refractivity contribution in [2.24, 2.45) is 0 Å². The Bertz CT molecular complexity index is 29.9. The van der Waals surface area contributed by atoms with Crippen molar-refractivity contribution in [2.45, 2.75) is 0 Å². The van der Waals surface area contributed by atoms with Crippen molar-refractivity contribution in [2.75, 3.05) is 0 Å². The van der Waals surface area contributed by atoms with Gasteiger partial charge in [-0.3, -0.25) is 4.46 Å². The summed E-state index contributed by atoms with van der Waals surface area (Å²) < 4.78 is 8.74. The lowest BCUT2D eigenvalue weighted by molar-refractivity contribution is 0.330. The summed E-state index contributed by atoms with van der Waals surface area (Å²) in [5, 5.41) is 0. The molecule has 0 amide bonds. The van der Waals surface area contributed by atoms with Crippen LogP contribution >= 0.6 is 0 Å². The third kappa shape index (κ3) is 859. The second-order valence-corrected chi connectivity index (χ2v) is 0.848. The minimum atomic E-state index is -3.13. The topological polar surface area (TPSA) is 57.5 Å². The Morgan fingerprint density at radius 2 is 1.40 bits per heavy atom. The average Bonchev–Trinajstić information content (AvgIpc) is 0.811. The quantitative estimate of drug-likeness (QED) is 0.350. The lowest BCUT2D eigenvalue weighted by Crippen LogP contribution is -1.90. The molecule has 0 spiro atoms. The van der Waals surface area contributed by atoms with Crippen molar-refractivity contribution in [3.8, 4) is 0 Å². The molecule has 27 valence electrons. The Morgan fingerprint density at radius 3 is 1.40 bits per heavy atom. The Labute approximate surface area is 41.3 Å². The first-order valence-corrected chi connectivity index (χ1v) is 1.95. The molecule has 0 aliphatic heterocycles. The fourth-order valence-corrected chi connectivity index (χ4v) is 0. The van der Waals surface area contributed by atoms with Gasteiger partial charge in [-0.15, -0.1) is 0 Å². The third-order valence-electron chi connectivity index (χ3n) is 0. The van der Waals surface area contributed by atoms with Crippen LogP contribution in [-0.4, -0.2) is 36.1 Å². The second-order valence-electron chi connectivity index (χ2n) is 0.283. The molecule has 0 aromatic carbocycles. The zero-order valence-corrected chi connectivity index (χ0v) is 4.53. The fraction of sp³-hybridized carbons (Fsp3) is 0. The zero-order valence-electron chi connectivity index (χ0n) is 2.38. The highest BCUT2D eigenvalue weighted by atomic mass is 28.3. The molecule has 0 bridgehead atoms. The lowest BCUT2D eigenvalue weighted by atomic mass is 15.8. The normalized spacial score (nSPS) is 4.80. The molecule has 3 radical (unpaired) electrons. The van der Waals surface area contributed by atoms with Gasteiger partial charge in [0.1, 0.15) is 0 Å². The Kier molecular flexibility index (Phi) is 7.42. The monoisotopic (exact) mass is 105 g/mol. The molecule has 0 heterocycles. The van der Waals surface area contributed by atoms with Gasteiger partial charge in [0.15, 0.2) is 0 Å². The largest absolute Gasteiger partial charge is 0.761 e. The second kappa shape index (κ2) is 4.15. The van der Waals surface area contributed by atoms with Crippen molar-refractivity contribution >= 4 is 26.5 Å². The van der Waals surface area contributed by atoms with Gasteiger partial charge in [-0.2, -0.15) is 0 Å². The van der Waals surface area contributed by atoms with Crippen LogP contribution in [0.3, 0.4) is 0 Å². The van der Waals surface area contributed by atoms with Gasteiger partial charge in [0, 0.05) is 17.4 Å². The highest BCUT2D eigenvalue weighted by Gasteiger charge is 1.85. The molecule has 0 rings (SSSR count). The first-order chi connectivity index (χ1) is 1.73. The van der Waals surface area contributed by atoms with Crippen LogP contribution in [0.15, 0.2) is 0 Å². The van der Waals surface area contributed by atoms with E-state index in [1.807, 2.05) is 0 Å². The predicted octanol–water partition coefficient (Wildman–Crippen LogP) is -1.99. The summed E-state index contributed by atoms with van der Waals surface area (Å²) in [5.41, 5.74) is 0.